The van der Waals surface area contributed by atoms with Crippen molar-refractivity contribution in [2.75, 3.05) is 12.0 Å². The fraction of sp³-hybridized carbons (Fsp3) is 0.462. The molecule has 1 heterocycles. The molecular formula is C13H20N4O. The number of unbranched alkanes of at least 4 members (excludes halogenated alkanes) is 1. The molecule has 0 bridgehead atoms. The van der Waals surface area contributed by atoms with E-state index < -0.39 is 0 Å². The van der Waals surface area contributed by atoms with E-state index in [0.29, 0.717) is 24.3 Å². The Labute approximate surface area is 107 Å². The molecule has 18 heavy (non-hydrogen) atoms. The summed E-state index contributed by atoms with van der Waals surface area (Å²) >= 11 is 0. The minimum absolute atomic E-state index is 0.109. The van der Waals surface area contributed by atoms with Gasteiger partial charge in [-0.3, -0.25) is 10.2 Å². The van der Waals surface area contributed by atoms with E-state index in [2.05, 4.69) is 15.5 Å². The molecule has 0 atom stereocenters. The topological polar surface area (TPSA) is 80.4 Å². The summed E-state index contributed by atoms with van der Waals surface area (Å²) < 4.78 is 0. The largest absolute Gasteiger partial charge is 0.330 e. The Kier molecular flexibility index (Phi) is 6.00. The summed E-state index contributed by atoms with van der Waals surface area (Å²) in [7, 11) is 0. The van der Waals surface area contributed by atoms with Crippen LogP contribution in [0.2, 0.25) is 0 Å². The Balaban J connectivity index is 2.54. The third-order valence-corrected chi connectivity index (χ3v) is 2.34. The lowest BCUT2D eigenvalue weighted by Crippen LogP contribution is -2.04. The van der Waals surface area contributed by atoms with Crippen molar-refractivity contribution in [2.45, 2.75) is 33.1 Å². The number of carbonyl (C=O) groups excluding carboxylic acids is 1. The Morgan fingerprint density at radius 1 is 1.39 bits per heavy atom. The Hall–Kier alpha value is -1.75. The highest BCUT2D eigenvalue weighted by Gasteiger charge is 2.05. The third kappa shape index (κ3) is 5.05. The molecule has 0 spiro atoms. The van der Waals surface area contributed by atoms with Crippen molar-refractivity contribution in [3.8, 4) is 0 Å². The number of hydrogen-bond donors (Lipinski definition) is 2. The second-order valence-electron chi connectivity index (χ2n) is 4.27. The Bertz CT molecular complexity index is 408. The zero-order valence-corrected chi connectivity index (χ0v) is 10.9. The van der Waals surface area contributed by atoms with E-state index in [-0.39, 0.29) is 5.78 Å². The average molecular weight is 248 g/mol. The molecule has 0 aliphatic heterocycles. The molecule has 0 fully saturated rings. The van der Waals surface area contributed by atoms with Gasteiger partial charge >= 0.3 is 0 Å². The molecule has 1 aromatic rings. The van der Waals surface area contributed by atoms with Crippen molar-refractivity contribution in [3.63, 3.8) is 0 Å². The standard InChI is InChI=1S/C13H20N4O/c1-10(2)16-17-13-7-6-11(9-15-13)12(18)5-3-4-8-14/h6-7,9H,3-5,8,14H2,1-2H3,(H,15,17). The lowest BCUT2D eigenvalue weighted by atomic mass is 10.1. The van der Waals surface area contributed by atoms with Gasteiger partial charge in [0.15, 0.2) is 5.78 Å². The first kappa shape index (κ1) is 14.3. The van der Waals surface area contributed by atoms with Crippen LogP contribution in [0.5, 0.6) is 0 Å². The monoisotopic (exact) mass is 248 g/mol. The van der Waals surface area contributed by atoms with Crippen molar-refractivity contribution < 1.29 is 4.79 Å². The normalized spacial score (nSPS) is 9.94. The van der Waals surface area contributed by atoms with E-state index in [1.807, 2.05) is 13.8 Å². The number of ketones is 1. The molecule has 0 radical (unpaired) electrons. The van der Waals surface area contributed by atoms with Gasteiger partial charge in [-0.05, 0) is 45.4 Å². The van der Waals surface area contributed by atoms with Crippen LogP contribution in [0.15, 0.2) is 23.4 Å². The zero-order valence-electron chi connectivity index (χ0n) is 10.9. The number of hydrazone groups is 1. The average Bonchev–Trinajstić information content (AvgIpc) is 2.37. The number of nitrogens with zero attached hydrogens (tertiary/aromatic N) is 2. The number of rotatable bonds is 7. The molecule has 0 saturated carbocycles. The van der Waals surface area contributed by atoms with E-state index in [1.54, 1.807) is 18.3 Å². The first-order chi connectivity index (χ1) is 8.63. The molecule has 0 saturated heterocycles. The highest BCUT2D eigenvalue weighted by atomic mass is 16.1. The molecule has 0 aromatic carbocycles. The molecule has 5 nitrogen and oxygen atoms in total. The predicted molar refractivity (Wildman–Crippen MR) is 73.9 cm³/mol. The van der Waals surface area contributed by atoms with Gasteiger partial charge in [0, 0.05) is 23.9 Å². The van der Waals surface area contributed by atoms with Crippen LogP contribution in [0.4, 0.5) is 5.82 Å². The van der Waals surface area contributed by atoms with Gasteiger partial charge in [0.05, 0.1) is 0 Å². The number of pyridine rings is 1. The molecule has 0 amide bonds. The van der Waals surface area contributed by atoms with E-state index >= 15 is 0 Å². The summed E-state index contributed by atoms with van der Waals surface area (Å²) in [6.07, 6.45) is 3.81. The predicted octanol–water partition coefficient (Wildman–Crippen LogP) is 2.20. The minimum atomic E-state index is 0.109. The lowest BCUT2D eigenvalue weighted by Gasteiger charge is -2.03. The van der Waals surface area contributed by atoms with Crippen LogP contribution < -0.4 is 11.2 Å². The van der Waals surface area contributed by atoms with Crippen LogP contribution in [-0.2, 0) is 0 Å². The molecule has 0 aliphatic carbocycles. The lowest BCUT2D eigenvalue weighted by molar-refractivity contribution is 0.0979. The van der Waals surface area contributed by atoms with Crippen LogP contribution in [0.1, 0.15) is 43.5 Å². The van der Waals surface area contributed by atoms with Gasteiger partial charge in [-0.15, -0.1) is 0 Å². The molecule has 5 heteroatoms. The van der Waals surface area contributed by atoms with Crippen LogP contribution in [0.25, 0.3) is 0 Å². The minimum Gasteiger partial charge on any atom is -0.330 e. The summed E-state index contributed by atoms with van der Waals surface area (Å²) in [5.41, 5.74) is 9.75. The second-order valence-corrected chi connectivity index (χ2v) is 4.27. The van der Waals surface area contributed by atoms with Gasteiger partial charge in [0.1, 0.15) is 5.82 Å². The maximum absolute atomic E-state index is 11.8. The Morgan fingerprint density at radius 3 is 2.72 bits per heavy atom. The zero-order chi connectivity index (χ0) is 13.4. The van der Waals surface area contributed by atoms with Crippen molar-refractivity contribution >= 4 is 17.3 Å². The summed E-state index contributed by atoms with van der Waals surface area (Å²) in [4.78, 5) is 15.9. The number of aromatic nitrogens is 1. The summed E-state index contributed by atoms with van der Waals surface area (Å²) in [6, 6.07) is 3.52. The fourth-order valence-electron chi connectivity index (χ4n) is 1.37. The third-order valence-electron chi connectivity index (χ3n) is 2.34. The number of nitrogens with two attached hydrogens (primary N) is 1. The quantitative estimate of drug-likeness (QED) is 0.335. The second kappa shape index (κ2) is 7.55. The molecule has 1 aromatic heterocycles. The first-order valence-electron chi connectivity index (χ1n) is 6.09. The molecular weight excluding hydrogens is 228 g/mol. The van der Waals surface area contributed by atoms with Crippen molar-refractivity contribution in [1.82, 2.24) is 4.98 Å². The van der Waals surface area contributed by atoms with Crippen LogP contribution in [0.3, 0.4) is 0 Å². The smallest absolute Gasteiger partial charge is 0.164 e. The maximum atomic E-state index is 11.8. The summed E-state index contributed by atoms with van der Waals surface area (Å²) in [5.74, 6) is 0.743. The molecule has 0 unspecified atom stereocenters. The SMILES string of the molecule is CC(C)=NNc1ccc(C(=O)CCCCN)cn1. The Morgan fingerprint density at radius 2 is 2.17 bits per heavy atom. The maximum Gasteiger partial charge on any atom is 0.164 e. The highest BCUT2D eigenvalue weighted by molar-refractivity contribution is 5.95. The number of Topliss-reactive ketones (excluding diaryl/α,β-unsaturated/α-hetero) is 1. The van der Waals surface area contributed by atoms with Crippen molar-refractivity contribution in [2.24, 2.45) is 10.8 Å². The van der Waals surface area contributed by atoms with Crippen molar-refractivity contribution in [1.29, 1.82) is 0 Å². The highest BCUT2D eigenvalue weighted by Crippen LogP contribution is 2.09. The first-order valence-corrected chi connectivity index (χ1v) is 6.09. The fourth-order valence-corrected chi connectivity index (χ4v) is 1.37. The summed E-state index contributed by atoms with van der Waals surface area (Å²) in [6.45, 7) is 4.41. The van der Waals surface area contributed by atoms with Gasteiger partial charge in [-0.1, -0.05) is 0 Å². The number of hydrogen-bond acceptors (Lipinski definition) is 5. The van der Waals surface area contributed by atoms with Gasteiger partial charge < -0.3 is 5.73 Å². The molecule has 1 rings (SSSR count). The molecule has 0 aliphatic rings. The van der Waals surface area contributed by atoms with Gasteiger partial charge in [-0.2, -0.15) is 5.10 Å². The van der Waals surface area contributed by atoms with E-state index in [9.17, 15) is 4.79 Å². The number of nitrogens with one attached hydrogen (secondary N) is 1. The number of anilines is 1. The molecule has 3 N–H and O–H groups in total. The van der Waals surface area contributed by atoms with Crippen molar-refractivity contribution in [3.05, 3.63) is 23.9 Å². The van der Waals surface area contributed by atoms with Crippen LogP contribution in [-0.4, -0.2) is 23.0 Å². The van der Waals surface area contributed by atoms with Gasteiger partial charge in [0.2, 0.25) is 0 Å². The van der Waals surface area contributed by atoms with E-state index in [4.69, 9.17) is 5.73 Å². The van der Waals surface area contributed by atoms with E-state index in [0.717, 1.165) is 18.6 Å². The molecule has 98 valence electrons. The van der Waals surface area contributed by atoms with Gasteiger partial charge in [0.25, 0.3) is 0 Å². The van der Waals surface area contributed by atoms with Crippen LogP contribution >= 0.6 is 0 Å². The van der Waals surface area contributed by atoms with Crippen LogP contribution in [0, 0.1) is 0 Å². The van der Waals surface area contributed by atoms with Gasteiger partial charge in [-0.25, -0.2) is 4.98 Å². The van der Waals surface area contributed by atoms with E-state index in [1.165, 1.54) is 0 Å². The summed E-state index contributed by atoms with van der Waals surface area (Å²) in [5, 5.41) is 4.04. The number of carbonyl (C=O) groups is 1.